The molecule has 0 spiro atoms. The van der Waals surface area contributed by atoms with E-state index >= 15 is 0 Å². The first-order valence-corrected chi connectivity index (χ1v) is 8.65. The Kier molecular flexibility index (Phi) is 10.1. The van der Waals surface area contributed by atoms with Gasteiger partial charge in [0, 0.05) is 17.8 Å². The number of halogens is 2. The SMILES string of the molecule is [Cl-].[Cl-].[Cr+3].c1ccc(Cc2cc[c-](C(c3ccccc3)c3ccccn3)c2)cc1. The van der Waals surface area contributed by atoms with E-state index in [2.05, 4.69) is 96.0 Å². The molecule has 0 fully saturated rings. The normalized spacial score (nSPS) is 10.7. The molecule has 0 aliphatic rings. The zero-order valence-electron chi connectivity index (χ0n) is 15.2. The fraction of sp³-hybridized carbons (Fsp3) is 0.0833. The van der Waals surface area contributed by atoms with Gasteiger partial charge in [0.05, 0.1) is 0 Å². The predicted octanol–water partition coefficient (Wildman–Crippen LogP) is -0.423. The quantitative estimate of drug-likeness (QED) is 0.381. The van der Waals surface area contributed by atoms with Gasteiger partial charge < -0.3 is 24.8 Å². The number of benzene rings is 2. The Morgan fingerprint density at radius 1 is 0.714 bits per heavy atom. The van der Waals surface area contributed by atoms with Gasteiger partial charge in [0.2, 0.25) is 0 Å². The van der Waals surface area contributed by atoms with Crippen molar-refractivity contribution in [3.8, 4) is 0 Å². The summed E-state index contributed by atoms with van der Waals surface area (Å²) in [7, 11) is 0. The summed E-state index contributed by atoms with van der Waals surface area (Å²) in [4.78, 5) is 4.63. The van der Waals surface area contributed by atoms with Gasteiger partial charge in [-0.25, -0.2) is 6.07 Å². The molecular formula is C24H20Cl2CrN. The first kappa shape index (κ1) is 24.1. The van der Waals surface area contributed by atoms with Crippen LogP contribution in [0.1, 0.15) is 33.9 Å². The number of rotatable bonds is 5. The minimum atomic E-state index is 0. The topological polar surface area (TPSA) is 12.9 Å². The van der Waals surface area contributed by atoms with Gasteiger partial charge in [-0.3, -0.25) is 4.98 Å². The van der Waals surface area contributed by atoms with Crippen LogP contribution in [-0.4, -0.2) is 4.98 Å². The third-order valence-electron chi connectivity index (χ3n) is 4.54. The smallest absolute Gasteiger partial charge is 1.00 e. The molecule has 3 aromatic carbocycles. The maximum atomic E-state index is 4.63. The number of hydrogen-bond acceptors (Lipinski definition) is 1. The molecule has 28 heavy (non-hydrogen) atoms. The monoisotopic (exact) mass is 444 g/mol. The Morgan fingerprint density at radius 3 is 2.00 bits per heavy atom. The number of hydrogen-bond donors (Lipinski definition) is 0. The van der Waals surface area contributed by atoms with Crippen molar-refractivity contribution >= 4 is 0 Å². The van der Waals surface area contributed by atoms with Crippen LogP contribution in [0.4, 0.5) is 0 Å². The van der Waals surface area contributed by atoms with Crippen LogP contribution in [0.25, 0.3) is 0 Å². The van der Waals surface area contributed by atoms with E-state index < -0.39 is 0 Å². The Morgan fingerprint density at radius 2 is 1.36 bits per heavy atom. The molecule has 0 aliphatic heterocycles. The molecule has 1 radical (unpaired) electrons. The molecule has 1 unspecified atom stereocenters. The maximum absolute atomic E-state index is 4.63. The van der Waals surface area contributed by atoms with Crippen LogP contribution < -0.4 is 24.8 Å². The molecule has 1 nitrogen and oxygen atoms in total. The largest absolute Gasteiger partial charge is 3.00 e. The average molecular weight is 445 g/mol. The van der Waals surface area contributed by atoms with Gasteiger partial charge in [0.15, 0.2) is 0 Å². The second-order valence-corrected chi connectivity index (χ2v) is 6.31. The summed E-state index contributed by atoms with van der Waals surface area (Å²) in [6.07, 6.45) is 2.84. The van der Waals surface area contributed by atoms with E-state index in [1.54, 1.807) is 0 Å². The van der Waals surface area contributed by atoms with E-state index in [1.807, 2.05) is 12.3 Å². The van der Waals surface area contributed by atoms with E-state index in [1.165, 1.54) is 22.3 Å². The van der Waals surface area contributed by atoms with Crippen molar-refractivity contribution < 1.29 is 42.2 Å². The number of nitrogens with zero attached hydrogens (tertiary/aromatic N) is 1. The third kappa shape index (κ3) is 5.77. The number of pyridine rings is 1. The second-order valence-electron chi connectivity index (χ2n) is 6.31. The van der Waals surface area contributed by atoms with E-state index in [4.69, 9.17) is 0 Å². The molecule has 1 aromatic heterocycles. The Balaban J connectivity index is 0.00000131. The van der Waals surface area contributed by atoms with Crippen molar-refractivity contribution in [2.75, 3.05) is 0 Å². The third-order valence-corrected chi connectivity index (χ3v) is 4.54. The predicted molar refractivity (Wildman–Crippen MR) is 103 cm³/mol. The molecule has 141 valence electrons. The minimum absolute atomic E-state index is 0. The van der Waals surface area contributed by atoms with Crippen molar-refractivity contribution in [3.05, 3.63) is 131 Å². The first-order valence-electron chi connectivity index (χ1n) is 8.65. The maximum Gasteiger partial charge on any atom is 3.00 e. The molecule has 0 bridgehead atoms. The van der Waals surface area contributed by atoms with Crippen LogP contribution in [0.5, 0.6) is 0 Å². The van der Waals surface area contributed by atoms with Gasteiger partial charge in [0.1, 0.15) is 0 Å². The summed E-state index contributed by atoms with van der Waals surface area (Å²) >= 11 is 0. The zero-order chi connectivity index (χ0) is 16.9. The molecule has 1 heterocycles. The van der Waals surface area contributed by atoms with Crippen molar-refractivity contribution in [1.82, 2.24) is 4.98 Å². The summed E-state index contributed by atoms with van der Waals surface area (Å²) in [6, 6.07) is 34.2. The van der Waals surface area contributed by atoms with Crippen LogP contribution in [-0.2, 0) is 23.8 Å². The van der Waals surface area contributed by atoms with Crippen molar-refractivity contribution in [3.63, 3.8) is 0 Å². The van der Waals surface area contributed by atoms with E-state index in [-0.39, 0.29) is 48.1 Å². The van der Waals surface area contributed by atoms with Crippen LogP contribution in [0, 0.1) is 0 Å². The molecule has 0 N–H and O–H groups in total. The van der Waals surface area contributed by atoms with E-state index in [9.17, 15) is 0 Å². The van der Waals surface area contributed by atoms with Gasteiger partial charge in [-0.05, 0) is 17.7 Å². The molecule has 1 atom stereocenters. The summed E-state index contributed by atoms with van der Waals surface area (Å²) < 4.78 is 0. The minimum Gasteiger partial charge on any atom is -1.00 e. The van der Waals surface area contributed by atoms with Crippen molar-refractivity contribution in [2.45, 2.75) is 12.3 Å². The van der Waals surface area contributed by atoms with Crippen LogP contribution in [0.2, 0.25) is 0 Å². The van der Waals surface area contributed by atoms with Crippen molar-refractivity contribution in [1.29, 1.82) is 0 Å². The molecule has 0 aliphatic carbocycles. The summed E-state index contributed by atoms with van der Waals surface area (Å²) in [6.45, 7) is 0. The van der Waals surface area contributed by atoms with Gasteiger partial charge in [-0.1, -0.05) is 78.7 Å². The zero-order valence-corrected chi connectivity index (χ0v) is 18.0. The van der Waals surface area contributed by atoms with Crippen LogP contribution >= 0.6 is 0 Å². The average Bonchev–Trinajstić information content (AvgIpc) is 3.12. The standard InChI is InChI=1S/C24H20N.2ClH.Cr/c1-3-9-19(10-4-1)17-20-14-15-22(18-20)24(21-11-5-2-6-12-21)23-13-7-8-16-25-23;;;/h1-16,18,24H,17H2;2*1H;/q-1;;;+3/p-2. The first-order chi connectivity index (χ1) is 12.4. The Labute approximate surface area is 190 Å². The van der Waals surface area contributed by atoms with E-state index in [0.717, 1.165) is 12.1 Å². The van der Waals surface area contributed by atoms with E-state index in [0.29, 0.717) is 0 Å². The molecule has 4 heteroatoms. The fourth-order valence-electron chi connectivity index (χ4n) is 3.36. The second kappa shape index (κ2) is 11.8. The number of aromatic nitrogens is 1. The molecular weight excluding hydrogens is 425 g/mol. The molecule has 4 aromatic rings. The van der Waals surface area contributed by atoms with Gasteiger partial charge in [0.25, 0.3) is 0 Å². The molecule has 0 saturated heterocycles. The van der Waals surface area contributed by atoms with Crippen LogP contribution in [0.3, 0.4) is 0 Å². The Hall–Kier alpha value is -1.95. The van der Waals surface area contributed by atoms with Crippen LogP contribution in [0.15, 0.2) is 103 Å². The summed E-state index contributed by atoms with van der Waals surface area (Å²) in [5.41, 5.74) is 6.35. The van der Waals surface area contributed by atoms with Crippen molar-refractivity contribution in [2.24, 2.45) is 0 Å². The molecule has 0 amide bonds. The molecule has 4 rings (SSSR count). The van der Waals surface area contributed by atoms with Gasteiger partial charge >= 0.3 is 17.4 Å². The van der Waals surface area contributed by atoms with Gasteiger partial charge in [-0.15, -0.1) is 5.56 Å². The molecule has 0 saturated carbocycles. The van der Waals surface area contributed by atoms with Gasteiger partial charge in [-0.2, -0.15) is 17.7 Å². The summed E-state index contributed by atoms with van der Waals surface area (Å²) in [5, 5.41) is 0. The fourth-order valence-corrected chi connectivity index (χ4v) is 3.36. The Bertz CT molecular complexity index is 885. The summed E-state index contributed by atoms with van der Waals surface area (Å²) in [5.74, 6) is 0.173.